The van der Waals surface area contributed by atoms with Crippen molar-refractivity contribution in [1.29, 1.82) is 0 Å². The van der Waals surface area contributed by atoms with Gasteiger partial charge in [-0.25, -0.2) is 8.42 Å². The molecule has 0 spiro atoms. The summed E-state index contributed by atoms with van der Waals surface area (Å²) in [7, 11) is -3.28. The molecule has 0 radical (unpaired) electrons. The number of aryl methyl sites for hydroxylation is 2. The highest BCUT2D eigenvalue weighted by Crippen LogP contribution is 2.25. The molecule has 1 saturated heterocycles. The highest BCUT2D eigenvalue weighted by atomic mass is 32.2. The molecule has 21 heavy (non-hydrogen) atoms. The molecule has 1 fully saturated rings. The van der Waals surface area contributed by atoms with Crippen molar-refractivity contribution in [2.24, 2.45) is 0 Å². The van der Waals surface area contributed by atoms with Crippen molar-refractivity contribution in [2.45, 2.75) is 26.3 Å². The summed E-state index contributed by atoms with van der Waals surface area (Å²) in [5, 5.41) is 8.92. The second kappa shape index (κ2) is 5.76. The van der Waals surface area contributed by atoms with Crippen LogP contribution in [-0.2, 0) is 14.6 Å². The maximum Gasteiger partial charge on any atom is 0.305 e. The van der Waals surface area contributed by atoms with Gasteiger partial charge < -0.3 is 10.0 Å². The molecule has 1 aliphatic heterocycles. The Labute approximate surface area is 127 Å². The van der Waals surface area contributed by atoms with Gasteiger partial charge in [-0.2, -0.15) is 0 Å². The number of hydrogen-bond acceptors (Lipinski definition) is 5. The fraction of sp³-hybridized carbons (Fsp3) is 0.538. The van der Waals surface area contributed by atoms with E-state index in [1.54, 1.807) is 6.07 Å². The maximum atomic E-state index is 12.5. The minimum Gasteiger partial charge on any atom is -0.481 e. The zero-order valence-corrected chi connectivity index (χ0v) is 13.5. The molecule has 2 rings (SSSR count). The predicted octanol–water partition coefficient (Wildman–Crippen LogP) is 1.08. The first-order valence-corrected chi connectivity index (χ1v) is 9.13. The van der Waals surface area contributed by atoms with E-state index < -0.39 is 21.8 Å². The predicted molar refractivity (Wildman–Crippen MR) is 79.5 cm³/mol. The maximum absolute atomic E-state index is 12.5. The van der Waals surface area contributed by atoms with Crippen LogP contribution >= 0.6 is 11.3 Å². The Kier molecular flexibility index (Phi) is 4.38. The molecule has 6 nitrogen and oxygen atoms in total. The number of amides is 1. The molecule has 1 aliphatic rings. The quantitative estimate of drug-likeness (QED) is 0.895. The highest BCUT2D eigenvalue weighted by molar-refractivity contribution is 7.91. The first-order chi connectivity index (χ1) is 9.69. The summed E-state index contributed by atoms with van der Waals surface area (Å²) in [6.07, 6.45) is -0.353. The van der Waals surface area contributed by atoms with Crippen LogP contribution in [0.25, 0.3) is 0 Å². The minimum atomic E-state index is -3.28. The zero-order chi connectivity index (χ0) is 15.8. The van der Waals surface area contributed by atoms with E-state index in [4.69, 9.17) is 5.11 Å². The van der Waals surface area contributed by atoms with Crippen molar-refractivity contribution >= 4 is 33.1 Å². The number of nitrogens with zero attached hydrogens (tertiary/aromatic N) is 1. The Hall–Kier alpha value is -1.41. The van der Waals surface area contributed by atoms with Crippen molar-refractivity contribution in [1.82, 2.24) is 4.90 Å². The summed E-state index contributed by atoms with van der Waals surface area (Å²) >= 11 is 1.35. The van der Waals surface area contributed by atoms with E-state index >= 15 is 0 Å². The van der Waals surface area contributed by atoms with Crippen molar-refractivity contribution in [3.05, 3.63) is 21.4 Å². The summed E-state index contributed by atoms with van der Waals surface area (Å²) in [5.74, 6) is -1.78. The Balaban J connectivity index is 2.26. The Bertz CT molecular complexity index is 657. The molecule has 0 aliphatic carbocycles. The van der Waals surface area contributed by atoms with Crippen LogP contribution < -0.4 is 0 Å². The summed E-state index contributed by atoms with van der Waals surface area (Å²) in [6.45, 7) is 3.86. The normalized spacial score (nSPS) is 21.2. The number of thiophene rings is 1. The number of carbonyl (C=O) groups is 2. The topological polar surface area (TPSA) is 91.8 Å². The zero-order valence-electron chi connectivity index (χ0n) is 11.8. The lowest BCUT2D eigenvalue weighted by atomic mass is 10.2. The monoisotopic (exact) mass is 331 g/mol. The lowest BCUT2D eigenvalue weighted by molar-refractivity contribution is -0.138. The highest BCUT2D eigenvalue weighted by Gasteiger charge is 2.36. The van der Waals surface area contributed by atoms with Gasteiger partial charge in [-0.3, -0.25) is 9.59 Å². The third-order valence-corrected chi connectivity index (χ3v) is 6.42. The number of rotatable bonds is 3. The fourth-order valence-corrected chi connectivity index (χ4v) is 4.86. The van der Waals surface area contributed by atoms with Crippen LogP contribution in [0.5, 0.6) is 0 Å². The van der Waals surface area contributed by atoms with Gasteiger partial charge in [-0.05, 0) is 25.5 Å². The molecular weight excluding hydrogens is 314 g/mol. The number of carboxylic acids is 1. The summed E-state index contributed by atoms with van der Waals surface area (Å²) < 4.78 is 23.4. The second-order valence-electron chi connectivity index (χ2n) is 5.21. The fourth-order valence-electron chi connectivity index (χ4n) is 2.34. The molecular formula is C13H17NO5S2. The average molecular weight is 331 g/mol. The molecule has 1 N–H and O–H groups in total. The van der Waals surface area contributed by atoms with E-state index in [1.807, 2.05) is 13.8 Å². The van der Waals surface area contributed by atoms with Gasteiger partial charge in [0.25, 0.3) is 5.91 Å². The molecule has 0 bridgehead atoms. The smallest absolute Gasteiger partial charge is 0.305 e. The van der Waals surface area contributed by atoms with Gasteiger partial charge in [0.2, 0.25) is 0 Å². The molecule has 0 aromatic carbocycles. The lowest BCUT2D eigenvalue weighted by Gasteiger charge is -2.34. The van der Waals surface area contributed by atoms with Crippen LogP contribution in [0, 0.1) is 13.8 Å². The molecule has 2 heterocycles. The number of carbonyl (C=O) groups excluding carboxylic acids is 1. The van der Waals surface area contributed by atoms with E-state index in [0.717, 1.165) is 10.4 Å². The summed E-state index contributed by atoms with van der Waals surface area (Å²) in [6, 6.07) is 0.972. The Morgan fingerprint density at radius 1 is 1.43 bits per heavy atom. The van der Waals surface area contributed by atoms with Crippen LogP contribution in [0.3, 0.4) is 0 Å². The van der Waals surface area contributed by atoms with Gasteiger partial charge in [0.15, 0.2) is 9.84 Å². The Morgan fingerprint density at radius 2 is 2.10 bits per heavy atom. The van der Waals surface area contributed by atoms with Crippen LogP contribution in [0.2, 0.25) is 0 Å². The lowest BCUT2D eigenvalue weighted by Crippen LogP contribution is -2.51. The van der Waals surface area contributed by atoms with E-state index in [2.05, 4.69) is 0 Å². The first-order valence-electron chi connectivity index (χ1n) is 6.50. The number of aliphatic carboxylic acids is 1. The van der Waals surface area contributed by atoms with E-state index in [1.165, 1.54) is 16.2 Å². The molecule has 1 aromatic rings. The van der Waals surface area contributed by atoms with E-state index in [-0.39, 0.29) is 30.4 Å². The largest absolute Gasteiger partial charge is 0.481 e. The van der Waals surface area contributed by atoms with Crippen LogP contribution in [-0.4, -0.2) is 54.4 Å². The van der Waals surface area contributed by atoms with Gasteiger partial charge in [0.05, 0.1) is 28.8 Å². The molecule has 8 heteroatoms. The number of hydrogen-bond donors (Lipinski definition) is 1. The van der Waals surface area contributed by atoms with Crippen molar-refractivity contribution < 1.29 is 23.1 Å². The van der Waals surface area contributed by atoms with E-state index in [0.29, 0.717) is 4.88 Å². The molecule has 116 valence electrons. The van der Waals surface area contributed by atoms with Crippen molar-refractivity contribution in [3.63, 3.8) is 0 Å². The Morgan fingerprint density at radius 3 is 2.62 bits per heavy atom. The van der Waals surface area contributed by atoms with Gasteiger partial charge in [-0.1, -0.05) is 0 Å². The van der Waals surface area contributed by atoms with Crippen molar-refractivity contribution in [2.75, 3.05) is 18.1 Å². The third kappa shape index (κ3) is 3.62. The minimum absolute atomic E-state index is 0.0507. The van der Waals surface area contributed by atoms with Gasteiger partial charge in [0.1, 0.15) is 0 Å². The molecule has 1 unspecified atom stereocenters. The van der Waals surface area contributed by atoms with Gasteiger partial charge in [-0.15, -0.1) is 11.3 Å². The molecule has 1 aromatic heterocycles. The molecule has 0 saturated carbocycles. The third-order valence-electron chi connectivity index (χ3n) is 3.58. The summed E-state index contributed by atoms with van der Waals surface area (Å²) in [4.78, 5) is 26.4. The number of carboxylic acid groups (broad SMARTS) is 1. The number of sulfone groups is 1. The average Bonchev–Trinajstić information content (AvgIpc) is 2.67. The summed E-state index contributed by atoms with van der Waals surface area (Å²) in [5.41, 5.74) is 1.00. The van der Waals surface area contributed by atoms with Gasteiger partial charge in [0, 0.05) is 11.4 Å². The van der Waals surface area contributed by atoms with Crippen LogP contribution in [0.1, 0.15) is 26.5 Å². The molecule has 1 atom stereocenters. The SMILES string of the molecule is Cc1cc(C(=O)N2CCS(=O)(=O)CC2CC(=O)O)sc1C. The first kappa shape index (κ1) is 16.0. The van der Waals surface area contributed by atoms with Crippen LogP contribution in [0.4, 0.5) is 0 Å². The second-order valence-corrected chi connectivity index (χ2v) is 8.70. The standard InChI is InChI=1S/C13H17NO5S2/c1-8-5-11(20-9(8)2)13(17)14-3-4-21(18,19)7-10(14)6-12(15)16/h5,10H,3-4,6-7H2,1-2H3,(H,15,16). The van der Waals surface area contributed by atoms with Crippen LogP contribution in [0.15, 0.2) is 6.07 Å². The molecule has 1 amide bonds. The van der Waals surface area contributed by atoms with Crippen molar-refractivity contribution in [3.8, 4) is 0 Å². The van der Waals surface area contributed by atoms with E-state index in [9.17, 15) is 18.0 Å². The van der Waals surface area contributed by atoms with Gasteiger partial charge >= 0.3 is 5.97 Å².